The van der Waals surface area contributed by atoms with Crippen molar-refractivity contribution >= 4 is 50.5 Å². The van der Waals surface area contributed by atoms with Crippen LogP contribution in [-0.2, 0) is 46.8 Å². The molecular weight excluding hydrogens is 682 g/mol. The zero-order valence-electron chi connectivity index (χ0n) is 28.4. The highest BCUT2D eigenvalue weighted by atomic mass is 32.2. The number of carboxylic acid groups (broad SMARTS) is 1. The molecule has 4 amide bonds. The van der Waals surface area contributed by atoms with E-state index >= 15 is 0 Å². The molecule has 0 aliphatic heterocycles. The predicted molar refractivity (Wildman–Crippen MR) is 189 cm³/mol. The van der Waals surface area contributed by atoms with Crippen LogP contribution in [0.2, 0.25) is 0 Å². The first-order chi connectivity index (χ1) is 24.0. The third-order valence-corrected chi connectivity index (χ3v) is 8.17. The fourth-order valence-electron chi connectivity index (χ4n) is 5.01. The van der Waals surface area contributed by atoms with E-state index in [0.29, 0.717) is 11.1 Å². The van der Waals surface area contributed by atoms with Crippen LogP contribution in [0.1, 0.15) is 37.8 Å². The van der Waals surface area contributed by atoms with Gasteiger partial charge in [-0.05, 0) is 23.1 Å². The van der Waals surface area contributed by atoms with E-state index in [9.17, 15) is 42.6 Å². The maximum Gasteiger partial charge on any atom is 0.408 e. The van der Waals surface area contributed by atoms with Crippen LogP contribution in [0.25, 0.3) is 10.9 Å². The molecule has 0 aliphatic rings. The Kier molecular flexibility index (Phi) is 14.3. The van der Waals surface area contributed by atoms with E-state index in [1.807, 2.05) is 18.2 Å². The zero-order valence-corrected chi connectivity index (χ0v) is 29.2. The van der Waals surface area contributed by atoms with Gasteiger partial charge in [0.15, 0.2) is 9.84 Å². The Morgan fingerprint density at radius 1 is 0.863 bits per heavy atom. The number of nitrogens with one attached hydrogen (secondary N) is 5. The number of hydrogen-bond acceptors (Lipinski definition) is 9. The Labute approximate surface area is 295 Å². The number of aromatic amines is 1. The lowest BCUT2D eigenvalue weighted by molar-refractivity contribution is -0.137. The van der Waals surface area contributed by atoms with Crippen LogP contribution >= 0.6 is 0 Å². The van der Waals surface area contributed by atoms with Crippen LogP contribution in [0.5, 0.6) is 0 Å². The number of amides is 4. The Hall–Kier alpha value is -5.64. The van der Waals surface area contributed by atoms with Gasteiger partial charge >= 0.3 is 12.1 Å². The van der Waals surface area contributed by atoms with Crippen LogP contribution in [-0.4, -0.2) is 83.8 Å². The molecule has 0 saturated heterocycles. The van der Waals surface area contributed by atoms with E-state index < -0.39 is 88.3 Å². The minimum absolute atomic E-state index is 0.0714. The fourth-order valence-corrected chi connectivity index (χ4v) is 5.48. The lowest BCUT2D eigenvalue weighted by Gasteiger charge is -2.27. The number of carbonyl (C=O) groups excluding carboxylic acids is 4. The molecule has 0 aliphatic carbocycles. The summed E-state index contributed by atoms with van der Waals surface area (Å²) in [5, 5.41) is 30.9. The first-order valence-electron chi connectivity index (χ1n) is 15.9. The largest absolute Gasteiger partial charge is 0.513 e. The number of aliphatic hydroxyl groups is 1. The number of para-hydroxylation sites is 1. The third-order valence-electron chi connectivity index (χ3n) is 7.52. The molecule has 1 heterocycles. The quantitative estimate of drug-likeness (QED) is 0.0948. The maximum atomic E-state index is 13.9. The zero-order chi connectivity index (χ0) is 37.7. The normalized spacial score (nSPS) is 13.9. The summed E-state index contributed by atoms with van der Waals surface area (Å²) in [5.41, 5.74) is 2.10. The molecule has 3 aromatic rings. The second kappa shape index (κ2) is 18.4. The molecule has 0 radical (unpaired) electrons. The second-order valence-electron chi connectivity index (χ2n) is 12.3. The van der Waals surface area contributed by atoms with E-state index in [4.69, 9.17) is 4.74 Å². The Morgan fingerprint density at radius 3 is 2.14 bits per heavy atom. The smallest absolute Gasteiger partial charge is 0.408 e. The number of ether oxygens (including phenoxy) is 1. The predicted octanol–water partition coefficient (Wildman–Crippen LogP) is 2.61. The number of carboxylic acids is 1. The fraction of sp³-hybridized carbons (Fsp3) is 0.343. The number of benzene rings is 2. The van der Waals surface area contributed by atoms with Crippen LogP contribution < -0.4 is 21.3 Å². The average molecular weight is 726 g/mol. The standard InChI is InChI=1S/C35H43N5O10S/c1-21(2)31(34(46)37-25(18-30(42)43)14-15-51(4,48)49)40-33(45)29(17-24-19-36-27-13-9-8-12-26(24)27)38-32(44)28(16-22(3)41)39-35(47)50-20-23-10-6-5-7-11-23/h5-15,19,21,25,28-29,31,36,41H,3,16-18,20H2,1-2,4H3,(H,37,46)(H,38,44)(H,39,47)(H,40,45)(H,42,43)/b15-14+/t25-,28+,29+,31+/m1/s1. The summed E-state index contributed by atoms with van der Waals surface area (Å²) in [6.45, 7) is 6.58. The molecule has 0 unspecified atom stereocenters. The number of aliphatic hydroxyl groups excluding tert-OH is 1. The molecule has 16 heteroatoms. The summed E-state index contributed by atoms with van der Waals surface area (Å²) in [6.07, 6.45) is 1.54. The number of carbonyl (C=O) groups is 5. The molecule has 0 fully saturated rings. The highest BCUT2D eigenvalue weighted by Gasteiger charge is 2.33. The van der Waals surface area contributed by atoms with Gasteiger partial charge in [-0.2, -0.15) is 0 Å². The Bertz CT molecular complexity index is 1860. The van der Waals surface area contributed by atoms with Gasteiger partial charge in [0.05, 0.1) is 18.2 Å². The van der Waals surface area contributed by atoms with Crippen molar-refractivity contribution in [1.29, 1.82) is 0 Å². The number of sulfone groups is 1. The molecule has 2 aromatic carbocycles. The lowest BCUT2D eigenvalue weighted by atomic mass is 9.99. The number of rotatable bonds is 18. The Morgan fingerprint density at radius 2 is 1.51 bits per heavy atom. The third kappa shape index (κ3) is 13.3. The summed E-state index contributed by atoms with van der Waals surface area (Å²) < 4.78 is 28.5. The number of aliphatic carboxylic acids is 1. The molecule has 7 N–H and O–H groups in total. The van der Waals surface area contributed by atoms with Gasteiger partial charge in [-0.15, -0.1) is 0 Å². The highest BCUT2D eigenvalue weighted by Crippen LogP contribution is 2.20. The number of hydrogen-bond donors (Lipinski definition) is 7. The van der Waals surface area contributed by atoms with E-state index in [-0.39, 0.29) is 13.0 Å². The van der Waals surface area contributed by atoms with Crippen molar-refractivity contribution in [2.45, 2.75) is 63.9 Å². The molecule has 3 rings (SSSR count). The number of fused-ring (bicyclic) bond motifs is 1. The van der Waals surface area contributed by atoms with Gasteiger partial charge in [0, 0.05) is 41.6 Å². The summed E-state index contributed by atoms with van der Waals surface area (Å²) in [4.78, 5) is 68.1. The van der Waals surface area contributed by atoms with Gasteiger partial charge in [0.25, 0.3) is 0 Å². The molecule has 0 spiro atoms. The maximum absolute atomic E-state index is 13.9. The van der Waals surface area contributed by atoms with Gasteiger partial charge in [-0.1, -0.05) is 75.0 Å². The molecule has 4 atom stereocenters. The summed E-state index contributed by atoms with van der Waals surface area (Å²) in [7, 11) is -3.64. The van der Waals surface area contributed by atoms with Gasteiger partial charge in [-0.25, -0.2) is 13.2 Å². The summed E-state index contributed by atoms with van der Waals surface area (Å²) >= 11 is 0. The topological polar surface area (TPSA) is 233 Å². The van der Waals surface area contributed by atoms with E-state index in [1.165, 1.54) is 0 Å². The highest BCUT2D eigenvalue weighted by molar-refractivity contribution is 7.93. The SMILES string of the molecule is C=C(O)C[C@H](NC(=O)OCc1ccccc1)C(=O)N[C@@H](Cc1c[nH]c2ccccc12)C(=O)N[C@H](C(=O)N[C@H](/C=C/S(C)(=O)=O)CC(=O)O)C(C)C. The van der Waals surface area contributed by atoms with Crippen LogP contribution in [0.3, 0.4) is 0 Å². The van der Waals surface area contributed by atoms with Crippen molar-refractivity contribution in [3.05, 3.63) is 95.7 Å². The molecule has 0 bridgehead atoms. The van der Waals surface area contributed by atoms with Crippen LogP contribution in [0, 0.1) is 5.92 Å². The monoisotopic (exact) mass is 725 g/mol. The van der Waals surface area contributed by atoms with Crippen molar-refractivity contribution in [3.63, 3.8) is 0 Å². The number of aromatic nitrogens is 1. The van der Waals surface area contributed by atoms with Crippen molar-refractivity contribution < 1.29 is 47.3 Å². The summed E-state index contributed by atoms with van der Waals surface area (Å²) in [6, 6.07) is 10.9. The number of H-pyrrole nitrogens is 1. The first kappa shape index (κ1) is 39.8. The first-order valence-corrected chi connectivity index (χ1v) is 17.9. The molecule has 51 heavy (non-hydrogen) atoms. The van der Waals surface area contributed by atoms with E-state index in [0.717, 1.165) is 28.6 Å². The second-order valence-corrected chi connectivity index (χ2v) is 14.2. The van der Waals surface area contributed by atoms with Crippen LogP contribution in [0.15, 0.2) is 84.6 Å². The van der Waals surface area contributed by atoms with Gasteiger partial charge < -0.3 is 41.2 Å². The summed E-state index contributed by atoms with van der Waals surface area (Å²) in [5.74, 6) is -4.72. The minimum Gasteiger partial charge on any atom is -0.513 e. The molecule has 0 saturated carbocycles. The van der Waals surface area contributed by atoms with Crippen LogP contribution in [0.4, 0.5) is 4.79 Å². The van der Waals surface area contributed by atoms with Gasteiger partial charge in [-0.3, -0.25) is 19.2 Å². The molecule has 1 aromatic heterocycles. The molecular formula is C35H43N5O10S. The van der Waals surface area contributed by atoms with Crippen molar-refractivity contribution in [1.82, 2.24) is 26.3 Å². The van der Waals surface area contributed by atoms with Gasteiger partial charge in [0.1, 0.15) is 24.7 Å². The van der Waals surface area contributed by atoms with E-state index in [1.54, 1.807) is 56.4 Å². The van der Waals surface area contributed by atoms with Crippen molar-refractivity contribution in [3.8, 4) is 0 Å². The lowest BCUT2D eigenvalue weighted by Crippen LogP contribution is -2.59. The molecule has 274 valence electrons. The van der Waals surface area contributed by atoms with Crippen molar-refractivity contribution in [2.24, 2.45) is 5.92 Å². The minimum atomic E-state index is -3.64. The average Bonchev–Trinajstić information content (AvgIpc) is 3.46. The number of alkyl carbamates (subject to hydrolysis) is 1. The van der Waals surface area contributed by atoms with Crippen molar-refractivity contribution in [2.75, 3.05) is 6.26 Å². The van der Waals surface area contributed by atoms with Gasteiger partial charge in [0.2, 0.25) is 17.7 Å². The molecule has 15 nitrogen and oxygen atoms in total. The Balaban J connectivity index is 1.86. The van der Waals surface area contributed by atoms with E-state index in [2.05, 4.69) is 32.8 Å².